The van der Waals surface area contributed by atoms with Crippen molar-refractivity contribution < 1.29 is 10.2 Å². The smallest absolute Gasteiger partial charge is 0.100 e. The van der Waals surface area contributed by atoms with Crippen molar-refractivity contribution in [3.8, 4) is 0 Å². The topological polar surface area (TPSA) is 43.7 Å². The summed E-state index contributed by atoms with van der Waals surface area (Å²) >= 11 is 0. The van der Waals surface area contributed by atoms with Crippen LogP contribution in [-0.2, 0) is 0 Å². The van der Waals surface area contributed by atoms with Crippen molar-refractivity contribution >= 4 is 0 Å². The predicted octanol–water partition coefficient (Wildman–Crippen LogP) is 0.850. The van der Waals surface area contributed by atoms with Crippen molar-refractivity contribution in [1.82, 2.24) is 4.90 Å². The number of hydrogen-bond donors (Lipinski definition) is 2. The molecular formula is C11H23NO2. The van der Waals surface area contributed by atoms with Crippen LogP contribution in [0.1, 0.15) is 33.6 Å². The molecule has 1 saturated heterocycles. The third kappa shape index (κ3) is 2.69. The standard InChI is InChI=1S/C11H23NO2/c1-9(2)10(3)12-6-4-5-11(14,7-12)8-13/h9-10,13-14H,4-8H2,1-3H3. The lowest BCUT2D eigenvalue weighted by atomic mass is 9.91. The van der Waals surface area contributed by atoms with Gasteiger partial charge in [0.1, 0.15) is 5.60 Å². The Morgan fingerprint density at radius 2 is 2.00 bits per heavy atom. The molecule has 0 amide bonds. The van der Waals surface area contributed by atoms with Gasteiger partial charge in [0.15, 0.2) is 0 Å². The van der Waals surface area contributed by atoms with Gasteiger partial charge in [-0.3, -0.25) is 4.90 Å². The first-order valence-electron chi connectivity index (χ1n) is 5.56. The number of aliphatic hydroxyl groups excluding tert-OH is 1. The van der Waals surface area contributed by atoms with Crippen LogP contribution in [0.25, 0.3) is 0 Å². The molecule has 2 N–H and O–H groups in total. The van der Waals surface area contributed by atoms with Gasteiger partial charge in [-0.2, -0.15) is 0 Å². The highest BCUT2D eigenvalue weighted by molar-refractivity contribution is 4.88. The van der Waals surface area contributed by atoms with E-state index >= 15 is 0 Å². The van der Waals surface area contributed by atoms with E-state index < -0.39 is 5.60 Å². The van der Waals surface area contributed by atoms with E-state index in [9.17, 15) is 5.11 Å². The lowest BCUT2D eigenvalue weighted by molar-refractivity contribution is -0.0784. The summed E-state index contributed by atoms with van der Waals surface area (Å²) in [5, 5.41) is 19.1. The highest BCUT2D eigenvalue weighted by atomic mass is 16.3. The zero-order valence-electron chi connectivity index (χ0n) is 9.53. The Balaban J connectivity index is 2.56. The van der Waals surface area contributed by atoms with Gasteiger partial charge in [0, 0.05) is 12.6 Å². The number of nitrogens with zero attached hydrogens (tertiary/aromatic N) is 1. The van der Waals surface area contributed by atoms with Crippen molar-refractivity contribution in [3.05, 3.63) is 0 Å². The van der Waals surface area contributed by atoms with Gasteiger partial charge in [-0.05, 0) is 32.2 Å². The van der Waals surface area contributed by atoms with E-state index in [4.69, 9.17) is 5.11 Å². The largest absolute Gasteiger partial charge is 0.393 e. The van der Waals surface area contributed by atoms with Gasteiger partial charge in [-0.1, -0.05) is 13.8 Å². The number of β-amino-alcohol motifs (C(OH)–C–C–N with tert-alkyl or cyclic N) is 1. The van der Waals surface area contributed by atoms with Crippen molar-refractivity contribution in [2.45, 2.75) is 45.3 Å². The summed E-state index contributed by atoms with van der Waals surface area (Å²) in [7, 11) is 0. The lowest BCUT2D eigenvalue weighted by Gasteiger charge is -2.42. The predicted molar refractivity (Wildman–Crippen MR) is 57.1 cm³/mol. The van der Waals surface area contributed by atoms with E-state index in [2.05, 4.69) is 25.7 Å². The summed E-state index contributed by atoms with van der Waals surface area (Å²) in [6, 6.07) is 0.480. The maximum atomic E-state index is 9.99. The summed E-state index contributed by atoms with van der Waals surface area (Å²) < 4.78 is 0. The molecule has 0 saturated carbocycles. The highest BCUT2D eigenvalue weighted by Gasteiger charge is 2.34. The molecule has 1 aliphatic heterocycles. The van der Waals surface area contributed by atoms with Crippen LogP contribution in [0, 0.1) is 5.92 Å². The molecule has 0 aliphatic carbocycles. The third-order valence-corrected chi connectivity index (χ3v) is 3.42. The van der Waals surface area contributed by atoms with Crippen LogP contribution in [-0.4, -0.2) is 46.5 Å². The van der Waals surface area contributed by atoms with Crippen molar-refractivity contribution in [2.75, 3.05) is 19.7 Å². The Morgan fingerprint density at radius 3 is 2.50 bits per heavy atom. The molecule has 84 valence electrons. The molecule has 0 radical (unpaired) electrons. The monoisotopic (exact) mass is 201 g/mol. The van der Waals surface area contributed by atoms with Crippen LogP contribution >= 0.6 is 0 Å². The first-order chi connectivity index (χ1) is 6.48. The quantitative estimate of drug-likeness (QED) is 0.711. The molecule has 1 fully saturated rings. The average molecular weight is 201 g/mol. The number of hydrogen-bond acceptors (Lipinski definition) is 3. The first-order valence-corrected chi connectivity index (χ1v) is 5.56. The second kappa shape index (κ2) is 4.60. The van der Waals surface area contributed by atoms with Crippen LogP contribution in [0.3, 0.4) is 0 Å². The van der Waals surface area contributed by atoms with E-state index in [-0.39, 0.29) is 6.61 Å². The molecule has 1 rings (SSSR count). The second-order valence-electron chi connectivity index (χ2n) is 4.94. The van der Waals surface area contributed by atoms with Gasteiger partial charge in [0.05, 0.1) is 6.61 Å². The van der Waals surface area contributed by atoms with Gasteiger partial charge in [0.2, 0.25) is 0 Å². The maximum absolute atomic E-state index is 9.99. The number of piperidine rings is 1. The number of rotatable bonds is 3. The van der Waals surface area contributed by atoms with Crippen LogP contribution in [0.15, 0.2) is 0 Å². The molecule has 1 aliphatic rings. The van der Waals surface area contributed by atoms with Crippen molar-refractivity contribution in [2.24, 2.45) is 5.92 Å². The van der Waals surface area contributed by atoms with E-state index in [1.165, 1.54) is 0 Å². The van der Waals surface area contributed by atoms with E-state index in [0.717, 1.165) is 19.4 Å². The number of likely N-dealkylation sites (tertiary alicyclic amines) is 1. The molecule has 2 unspecified atom stereocenters. The second-order valence-corrected chi connectivity index (χ2v) is 4.94. The molecule has 0 aromatic rings. The molecule has 2 atom stereocenters. The average Bonchev–Trinajstić information content (AvgIpc) is 2.16. The molecule has 0 aromatic carbocycles. The summed E-state index contributed by atoms with van der Waals surface area (Å²) in [4.78, 5) is 2.28. The fourth-order valence-corrected chi connectivity index (χ4v) is 2.05. The maximum Gasteiger partial charge on any atom is 0.100 e. The van der Waals surface area contributed by atoms with Gasteiger partial charge in [0.25, 0.3) is 0 Å². The fourth-order valence-electron chi connectivity index (χ4n) is 2.05. The molecule has 0 spiro atoms. The van der Waals surface area contributed by atoms with E-state index in [1.807, 2.05) is 0 Å². The summed E-state index contributed by atoms with van der Waals surface area (Å²) in [5.41, 5.74) is -0.860. The van der Waals surface area contributed by atoms with Crippen LogP contribution in [0.4, 0.5) is 0 Å². The minimum absolute atomic E-state index is 0.117. The Morgan fingerprint density at radius 1 is 1.36 bits per heavy atom. The summed E-state index contributed by atoms with van der Waals surface area (Å²) in [6.45, 7) is 8.11. The molecular weight excluding hydrogens is 178 g/mol. The zero-order valence-corrected chi connectivity index (χ0v) is 9.53. The molecule has 0 aromatic heterocycles. The van der Waals surface area contributed by atoms with E-state index in [0.29, 0.717) is 18.5 Å². The molecule has 14 heavy (non-hydrogen) atoms. The van der Waals surface area contributed by atoms with Gasteiger partial charge in [-0.15, -0.1) is 0 Å². The Kier molecular flexibility index (Phi) is 3.93. The molecule has 1 heterocycles. The molecule has 0 bridgehead atoms. The Labute approximate surface area is 86.7 Å². The van der Waals surface area contributed by atoms with Crippen LogP contribution in [0.5, 0.6) is 0 Å². The van der Waals surface area contributed by atoms with E-state index in [1.54, 1.807) is 0 Å². The summed E-state index contributed by atoms with van der Waals surface area (Å²) in [5.74, 6) is 0.594. The Hall–Kier alpha value is -0.120. The highest BCUT2D eigenvalue weighted by Crippen LogP contribution is 2.24. The van der Waals surface area contributed by atoms with Crippen molar-refractivity contribution in [3.63, 3.8) is 0 Å². The summed E-state index contributed by atoms with van der Waals surface area (Å²) in [6.07, 6.45) is 1.71. The fraction of sp³-hybridized carbons (Fsp3) is 1.00. The van der Waals surface area contributed by atoms with Gasteiger partial charge >= 0.3 is 0 Å². The van der Waals surface area contributed by atoms with Crippen LogP contribution in [0.2, 0.25) is 0 Å². The SMILES string of the molecule is CC(C)C(C)N1CCCC(O)(CO)C1. The minimum Gasteiger partial charge on any atom is -0.393 e. The zero-order chi connectivity index (χ0) is 10.8. The lowest BCUT2D eigenvalue weighted by Crippen LogP contribution is -2.54. The minimum atomic E-state index is -0.860. The van der Waals surface area contributed by atoms with Gasteiger partial charge < -0.3 is 10.2 Å². The van der Waals surface area contributed by atoms with Gasteiger partial charge in [-0.25, -0.2) is 0 Å². The normalized spacial score (nSPS) is 32.1. The number of aliphatic hydroxyl groups is 2. The third-order valence-electron chi connectivity index (χ3n) is 3.42. The van der Waals surface area contributed by atoms with Crippen LogP contribution < -0.4 is 0 Å². The molecule has 3 heteroatoms. The first kappa shape index (κ1) is 12.0. The Bertz CT molecular complexity index is 184. The molecule has 3 nitrogen and oxygen atoms in total. The van der Waals surface area contributed by atoms with Crippen molar-refractivity contribution in [1.29, 1.82) is 0 Å².